The minimum atomic E-state index is -0.606. The van der Waals surface area contributed by atoms with Gasteiger partial charge in [-0.3, -0.25) is 10.1 Å². The average molecular weight is 389 g/mol. The van der Waals surface area contributed by atoms with Crippen LogP contribution in [0, 0.1) is 0 Å². The highest BCUT2D eigenvalue weighted by Gasteiger charge is 2.20. The third kappa shape index (κ3) is 4.02. The van der Waals surface area contributed by atoms with Gasteiger partial charge in [-0.1, -0.05) is 78.9 Å². The molecule has 1 atom stereocenters. The SMILES string of the molecule is CC[C@H](Oc1ccc2ccccc2c1)C(=O)Nc1nnc(-c2ccccc2)s1. The molecule has 0 saturated carbocycles. The van der Waals surface area contributed by atoms with Crippen LogP contribution in [-0.2, 0) is 4.79 Å². The van der Waals surface area contributed by atoms with Crippen molar-refractivity contribution in [3.63, 3.8) is 0 Å². The molecule has 140 valence electrons. The van der Waals surface area contributed by atoms with Crippen LogP contribution < -0.4 is 10.1 Å². The first kappa shape index (κ1) is 18.1. The number of carbonyl (C=O) groups excluding carboxylic acids is 1. The Morgan fingerprint density at radius 3 is 2.54 bits per heavy atom. The number of anilines is 1. The molecule has 0 saturated heterocycles. The number of fused-ring (bicyclic) bond motifs is 1. The third-order valence-electron chi connectivity index (χ3n) is 4.34. The van der Waals surface area contributed by atoms with Crippen molar-refractivity contribution < 1.29 is 9.53 Å². The maximum atomic E-state index is 12.7. The molecule has 0 aliphatic heterocycles. The van der Waals surface area contributed by atoms with Crippen LogP contribution in [0.2, 0.25) is 0 Å². The summed E-state index contributed by atoms with van der Waals surface area (Å²) in [5, 5.41) is 14.5. The van der Waals surface area contributed by atoms with Crippen molar-refractivity contribution in [2.45, 2.75) is 19.4 Å². The summed E-state index contributed by atoms with van der Waals surface area (Å²) in [5.74, 6) is 0.439. The molecule has 1 aromatic heterocycles. The molecule has 0 unspecified atom stereocenters. The number of hydrogen-bond donors (Lipinski definition) is 1. The molecule has 1 N–H and O–H groups in total. The van der Waals surface area contributed by atoms with Crippen LogP contribution in [0.5, 0.6) is 5.75 Å². The summed E-state index contributed by atoms with van der Waals surface area (Å²) in [6, 6.07) is 23.6. The Balaban J connectivity index is 1.46. The van der Waals surface area contributed by atoms with Gasteiger partial charge >= 0.3 is 0 Å². The van der Waals surface area contributed by atoms with Crippen LogP contribution in [0.4, 0.5) is 5.13 Å². The number of hydrogen-bond acceptors (Lipinski definition) is 5. The molecule has 0 aliphatic carbocycles. The Kier molecular flexibility index (Phi) is 5.30. The first-order valence-electron chi connectivity index (χ1n) is 9.08. The Hall–Kier alpha value is -3.25. The second kappa shape index (κ2) is 8.19. The van der Waals surface area contributed by atoms with E-state index in [1.54, 1.807) is 0 Å². The summed E-state index contributed by atoms with van der Waals surface area (Å²) < 4.78 is 5.94. The molecule has 0 bridgehead atoms. The molecule has 0 spiro atoms. The molecule has 0 radical (unpaired) electrons. The van der Waals surface area contributed by atoms with Crippen LogP contribution in [0.3, 0.4) is 0 Å². The van der Waals surface area contributed by atoms with Gasteiger partial charge in [-0.15, -0.1) is 10.2 Å². The van der Waals surface area contributed by atoms with Gasteiger partial charge in [0.15, 0.2) is 6.10 Å². The molecule has 1 amide bonds. The van der Waals surface area contributed by atoms with E-state index in [-0.39, 0.29) is 5.91 Å². The van der Waals surface area contributed by atoms with Crippen LogP contribution in [-0.4, -0.2) is 22.2 Å². The van der Waals surface area contributed by atoms with Crippen LogP contribution in [0.15, 0.2) is 72.8 Å². The first-order valence-corrected chi connectivity index (χ1v) is 9.90. The lowest BCUT2D eigenvalue weighted by Crippen LogP contribution is -2.32. The van der Waals surface area contributed by atoms with Crippen LogP contribution in [0.1, 0.15) is 13.3 Å². The molecule has 1 heterocycles. The largest absolute Gasteiger partial charge is 0.481 e. The minimum Gasteiger partial charge on any atom is -0.481 e. The summed E-state index contributed by atoms with van der Waals surface area (Å²) in [6.45, 7) is 1.92. The summed E-state index contributed by atoms with van der Waals surface area (Å²) in [6.07, 6.45) is -0.0616. The Morgan fingerprint density at radius 1 is 1.00 bits per heavy atom. The van der Waals surface area contributed by atoms with E-state index in [1.807, 2.05) is 79.7 Å². The van der Waals surface area contributed by atoms with E-state index >= 15 is 0 Å². The van der Waals surface area contributed by atoms with Gasteiger partial charge in [0, 0.05) is 5.56 Å². The van der Waals surface area contributed by atoms with Crippen molar-refractivity contribution in [3.05, 3.63) is 72.8 Å². The normalized spacial score (nSPS) is 11.9. The standard InChI is InChI=1S/C22H19N3O2S/c1-2-19(27-18-13-12-15-8-6-7-11-17(15)14-18)20(26)23-22-25-24-21(28-22)16-9-4-3-5-10-16/h3-14,19H,2H2,1H3,(H,23,25,26)/t19-/m0/s1. The van der Waals surface area contributed by atoms with Crippen LogP contribution in [0.25, 0.3) is 21.3 Å². The number of ether oxygens (including phenoxy) is 1. The summed E-state index contributed by atoms with van der Waals surface area (Å²) in [7, 11) is 0. The maximum Gasteiger partial charge on any atom is 0.267 e. The van der Waals surface area contributed by atoms with E-state index in [0.717, 1.165) is 21.3 Å². The zero-order valence-electron chi connectivity index (χ0n) is 15.3. The molecule has 0 fully saturated rings. The lowest BCUT2D eigenvalue weighted by molar-refractivity contribution is -0.122. The fourth-order valence-electron chi connectivity index (χ4n) is 2.88. The highest BCUT2D eigenvalue weighted by Crippen LogP contribution is 2.27. The van der Waals surface area contributed by atoms with E-state index in [1.165, 1.54) is 11.3 Å². The number of nitrogens with zero attached hydrogens (tertiary/aromatic N) is 2. The van der Waals surface area contributed by atoms with Crippen molar-refractivity contribution >= 4 is 33.1 Å². The van der Waals surface area contributed by atoms with E-state index in [9.17, 15) is 4.79 Å². The predicted molar refractivity (Wildman–Crippen MR) is 113 cm³/mol. The summed E-state index contributed by atoms with van der Waals surface area (Å²) in [5.41, 5.74) is 0.972. The number of nitrogens with one attached hydrogen (secondary N) is 1. The van der Waals surface area contributed by atoms with Gasteiger partial charge in [0.25, 0.3) is 5.91 Å². The van der Waals surface area contributed by atoms with Crippen molar-refractivity contribution in [2.75, 3.05) is 5.32 Å². The van der Waals surface area contributed by atoms with E-state index in [4.69, 9.17) is 4.74 Å². The highest BCUT2D eigenvalue weighted by molar-refractivity contribution is 7.18. The van der Waals surface area contributed by atoms with Crippen molar-refractivity contribution in [2.24, 2.45) is 0 Å². The average Bonchev–Trinajstić information content (AvgIpc) is 3.21. The lowest BCUT2D eigenvalue weighted by Gasteiger charge is -2.16. The van der Waals surface area contributed by atoms with Gasteiger partial charge in [0.1, 0.15) is 10.8 Å². The van der Waals surface area contributed by atoms with E-state index in [2.05, 4.69) is 15.5 Å². The molecule has 5 nitrogen and oxygen atoms in total. The van der Waals surface area contributed by atoms with Gasteiger partial charge in [0.2, 0.25) is 5.13 Å². The molecule has 28 heavy (non-hydrogen) atoms. The van der Waals surface area contributed by atoms with Gasteiger partial charge in [0.05, 0.1) is 0 Å². The molecule has 4 rings (SSSR count). The zero-order chi connectivity index (χ0) is 19.3. The van der Waals surface area contributed by atoms with Gasteiger partial charge < -0.3 is 4.74 Å². The fraction of sp³-hybridized carbons (Fsp3) is 0.136. The predicted octanol–water partition coefficient (Wildman–Crippen LogP) is 5.15. The van der Waals surface area contributed by atoms with Crippen molar-refractivity contribution in [1.29, 1.82) is 0 Å². The molecule has 0 aliphatic rings. The summed E-state index contributed by atoms with van der Waals surface area (Å²) in [4.78, 5) is 12.7. The smallest absolute Gasteiger partial charge is 0.267 e. The Morgan fingerprint density at radius 2 is 1.75 bits per heavy atom. The topological polar surface area (TPSA) is 64.1 Å². The molecular weight excluding hydrogens is 370 g/mol. The number of benzene rings is 3. The second-order valence-corrected chi connectivity index (χ2v) is 7.27. The number of carbonyl (C=O) groups is 1. The lowest BCUT2D eigenvalue weighted by atomic mass is 10.1. The van der Waals surface area contributed by atoms with Gasteiger partial charge in [-0.05, 0) is 29.3 Å². The summed E-state index contributed by atoms with van der Waals surface area (Å²) >= 11 is 1.34. The number of aromatic nitrogens is 2. The number of amides is 1. The Labute approximate surface area is 167 Å². The van der Waals surface area contributed by atoms with Crippen LogP contribution >= 0.6 is 11.3 Å². The quantitative estimate of drug-likeness (QED) is 0.495. The zero-order valence-corrected chi connectivity index (χ0v) is 16.1. The maximum absolute atomic E-state index is 12.7. The van der Waals surface area contributed by atoms with Gasteiger partial charge in [-0.25, -0.2) is 0 Å². The molecular formula is C22H19N3O2S. The Bertz CT molecular complexity index is 1100. The third-order valence-corrected chi connectivity index (χ3v) is 5.23. The molecule has 6 heteroatoms. The second-order valence-electron chi connectivity index (χ2n) is 6.29. The van der Waals surface area contributed by atoms with E-state index < -0.39 is 6.10 Å². The molecule has 4 aromatic rings. The fourth-order valence-corrected chi connectivity index (χ4v) is 3.64. The molecule has 3 aromatic carbocycles. The number of rotatable bonds is 6. The van der Waals surface area contributed by atoms with Crippen molar-refractivity contribution in [1.82, 2.24) is 10.2 Å². The minimum absolute atomic E-state index is 0.230. The van der Waals surface area contributed by atoms with Gasteiger partial charge in [-0.2, -0.15) is 0 Å². The van der Waals surface area contributed by atoms with Crippen molar-refractivity contribution in [3.8, 4) is 16.3 Å². The monoisotopic (exact) mass is 389 g/mol. The first-order chi connectivity index (χ1) is 13.7. The highest BCUT2D eigenvalue weighted by atomic mass is 32.1. The van der Waals surface area contributed by atoms with E-state index in [0.29, 0.717) is 17.3 Å².